The van der Waals surface area contributed by atoms with E-state index in [0.29, 0.717) is 6.42 Å². The summed E-state index contributed by atoms with van der Waals surface area (Å²) in [6.45, 7) is 4.09. The maximum atomic E-state index is 12.2. The van der Waals surface area contributed by atoms with Gasteiger partial charge in [-0.2, -0.15) is 0 Å². The van der Waals surface area contributed by atoms with Crippen LogP contribution in [0.3, 0.4) is 0 Å². The predicted molar refractivity (Wildman–Crippen MR) is 153 cm³/mol. The molecule has 0 saturated carbocycles. The Kier molecular flexibility index (Phi) is 25.6. The molecule has 3 atom stereocenters. The number of unbranched alkanes of at least 4 members (excludes halogenated alkanes) is 12. The van der Waals surface area contributed by atoms with Crippen molar-refractivity contribution in [2.75, 3.05) is 6.61 Å². The zero-order valence-electron chi connectivity index (χ0n) is 23.4. The minimum absolute atomic E-state index is 0.00214. The number of hydrogen-bond acceptors (Lipinski definition) is 4. The second kappa shape index (κ2) is 26.6. The van der Waals surface area contributed by atoms with E-state index < -0.39 is 18.2 Å². The van der Waals surface area contributed by atoms with Crippen LogP contribution in [0.15, 0.2) is 36.5 Å². The number of carbonyl (C=O) groups excluding carboxylic acids is 1. The monoisotopic (exact) mass is 507 g/mol. The largest absolute Gasteiger partial charge is 0.394 e. The van der Waals surface area contributed by atoms with Crippen LogP contribution in [-0.2, 0) is 4.79 Å². The quantitative estimate of drug-likeness (QED) is 0.0798. The Morgan fingerprint density at radius 2 is 1.19 bits per heavy atom. The molecule has 0 fully saturated rings. The van der Waals surface area contributed by atoms with E-state index in [-0.39, 0.29) is 18.9 Å². The first-order chi connectivity index (χ1) is 17.5. The van der Waals surface area contributed by atoms with Crippen LogP contribution in [0.1, 0.15) is 129 Å². The van der Waals surface area contributed by atoms with Gasteiger partial charge < -0.3 is 20.6 Å². The summed E-state index contributed by atoms with van der Waals surface area (Å²) in [6, 6.07) is -0.760. The summed E-state index contributed by atoms with van der Waals surface area (Å²) in [5.74, 6) is -0.337. The van der Waals surface area contributed by atoms with E-state index >= 15 is 0 Å². The Hall–Kier alpha value is -1.43. The van der Waals surface area contributed by atoms with Gasteiger partial charge in [-0.15, -0.1) is 0 Å². The lowest BCUT2D eigenvalue weighted by Gasteiger charge is -2.21. The topological polar surface area (TPSA) is 89.8 Å². The highest BCUT2D eigenvalue weighted by molar-refractivity contribution is 5.76. The lowest BCUT2D eigenvalue weighted by molar-refractivity contribution is -0.124. The fourth-order valence-corrected chi connectivity index (χ4v) is 4.07. The van der Waals surface area contributed by atoms with Gasteiger partial charge in [-0.1, -0.05) is 115 Å². The molecule has 5 heteroatoms. The Labute approximate surface area is 222 Å². The Morgan fingerprint density at radius 3 is 1.78 bits per heavy atom. The van der Waals surface area contributed by atoms with Gasteiger partial charge in [0, 0.05) is 0 Å². The van der Waals surface area contributed by atoms with Crippen molar-refractivity contribution in [1.82, 2.24) is 5.32 Å². The zero-order chi connectivity index (χ0) is 26.7. The first-order valence-corrected chi connectivity index (χ1v) is 14.8. The van der Waals surface area contributed by atoms with Crippen LogP contribution in [0.2, 0.25) is 0 Å². The van der Waals surface area contributed by atoms with Crippen LogP contribution in [0.4, 0.5) is 0 Å². The van der Waals surface area contributed by atoms with E-state index in [9.17, 15) is 20.1 Å². The molecule has 210 valence electrons. The molecule has 0 rings (SSSR count). The molecule has 0 aromatic rings. The van der Waals surface area contributed by atoms with E-state index in [0.717, 1.165) is 38.5 Å². The summed E-state index contributed by atoms with van der Waals surface area (Å²) in [5.41, 5.74) is 0. The summed E-state index contributed by atoms with van der Waals surface area (Å²) in [5, 5.41) is 32.7. The van der Waals surface area contributed by atoms with Crippen LogP contribution in [0.5, 0.6) is 0 Å². The van der Waals surface area contributed by atoms with Crippen LogP contribution in [0, 0.1) is 0 Å². The first-order valence-electron chi connectivity index (χ1n) is 14.8. The first kappa shape index (κ1) is 34.6. The maximum absolute atomic E-state index is 12.2. The molecule has 0 radical (unpaired) electrons. The van der Waals surface area contributed by atoms with E-state index in [1.165, 1.54) is 64.2 Å². The van der Waals surface area contributed by atoms with Gasteiger partial charge in [0.25, 0.3) is 0 Å². The molecular weight excluding hydrogens is 450 g/mol. The molecule has 1 amide bonds. The Balaban J connectivity index is 3.94. The minimum Gasteiger partial charge on any atom is -0.394 e. The SMILES string of the molecule is CCCCC/C=C/CC/C=C/CC/C=C/C(O)C(CO)NC(=O)CC(O)CCCCCCCCCC. The Morgan fingerprint density at radius 1 is 0.694 bits per heavy atom. The molecule has 5 nitrogen and oxygen atoms in total. The average molecular weight is 508 g/mol. The van der Waals surface area contributed by atoms with Gasteiger partial charge in [-0.25, -0.2) is 0 Å². The number of hydrogen-bond donors (Lipinski definition) is 4. The van der Waals surface area contributed by atoms with E-state index in [4.69, 9.17) is 0 Å². The number of allylic oxidation sites excluding steroid dienone is 5. The lowest BCUT2D eigenvalue weighted by Crippen LogP contribution is -2.45. The molecule has 36 heavy (non-hydrogen) atoms. The van der Waals surface area contributed by atoms with E-state index in [1.54, 1.807) is 6.08 Å². The summed E-state index contributed by atoms with van der Waals surface area (Å²) in [7, 11) is 0. The fraction of sp³-hybridized carbons (Fsp3) is 0.774. The van der Waals surface area contributed by atoms with E-state index in [2.05, 4.69) is 43.5 Å². The molecular formula is C31H57NO4. The zero-order valence-corrected chi connectivity index (χ0v) is 23.4. The number of nitrogens with one attached hydrogen (secondary N) is 1. The minimum atomic E-state index is -0.953. The van der Waals surface area contributed by atoms with Crippen molar-refractivity contribution < 1.29 is 20.1 Å². The van der Waals surface area contributed by atoms with Gasteiger partial charge in [-0.3, -0.25) is 4.79 Å². The second-order valence-corrected chi connectivity index (χ2v) is 9.99. The summed E-state index contributed by atoms with van der Waals surface area (Å²) < 4.78 is 0. The van der Waals surface area contributed by atoms with Gasteiger partial charge in [0.15, 0.2) is 0 Å². The molecule has 3 unspecified atom stereocenters. The summed E-state index contributed by atoms with van der Waals surface area (Å²) >= 11 is 0. The molecule has 0 aliphatic heterocycles. The van der Waals surface area contributed by atoms with Crippen molar-refractivity contribution in [2.45, 2.75) is 148 Å². The van der Waals surface area contributed by atoms with E-state index in [1.807, 2.05) is 6.08 Å². The number of aliphatic hydroxyl groups excluding tert-OH is 3. The highest BCUT2D eigenvalue weighted by atomic mass is 16.3. The van der Waals surface area contributed by atoms with Crippen molar-refractivity contribution in [1.29, 1.82) is 0 Å². The second-order valence-electron chi connectivity index (χ2n) is 9.99. The predicted octanol–water partition coefficient (Wildman–Crippen LogP) is 6.92. The third-order valence-corrected chi connectivity index (χ3v) is 6.41. The molecule has 4 N–H and O–H groups in total. The number of amides is 1. The van der Waals surface area contributed by atoms with Gasteiger partial charge in [0.05, 0.1) is 31.3 Å². The molecule has 0 aromatic carbocycles. The standard InChI is InChI=1S/C31H57NO4/c1-3-5-7-9-11-13-14-15-16-17-19-21-23-25-30(35)29(27-33)32-31(36)26-28(34)24-22-20-18-12-10-8-6-4-2/h11,13,16-17,23,25,28-30,33-35H,3-10,12,14-15,18-22,24,26-27H2,1-2H3,(H,32,36)/b13-11+,17-16+,25-23+. The highest BCUT2D eigenvalue weighted by Gasteiger charge is 2.19. The van der Waals surface area contributed by atoms with Crippen molar-refractivity contribution in [3.05, 3.63) is 36.5 Å². The van der Waals surface area contributed by atoms with Crippen LogP contribution < -0.4 is 5.32 Å². The normalized spacial score (nSPS) is 14.7. The van der Waals surface area contributed by atoms with Crippen LogP contribution in [-0.4, -0.2) is 46.1 Å². The summed E-state index contributed by atoms with van der Waals surface area (Å²) in [6.07, 6.45) is 29.8. The highest BCUT2D eigenvalue weighted by Crippen LogP contribution is 2.12. The molecule has 0 bridgehead atoms. The van der Waals surface area contributed by atoms with Gasteiger partial charge in [0.2, 0.25) is 5.91 Å². The third kappa shape index (κ3) is 23.0. The number of carbonyl (C=O) groups is 1. The smallest absolute Gasteiger partial charge is 0.222 e. The molecule has 0 heterocycles. The van der Waals surface area contributed by atoms with Crippen molar-refractivity contribution >= 4 is 5.91 Å². The van der Waals surface area contributed by atoms with Gasteiger partial charge >= 0.3 is 0 Å². The van der Waals surface area contributed by atoms with Crippen molar-refractivity contribution in [3.8, 4) is 0 Å². The Bertz CT molecular complexity index is 573. The van der Waals surface area contributed by atoms with Crippen LogP contribution >= 0.6 is 0 Å². The molecule has 0 aliphatic rings. The molecule has 0 spiro atoms. The van der Waals surface area contributed by atoms with Crippen molar-refractivity contribution in [3.63, 3.8) is 0 Å². The summed E-state index contributed by atoms with van der Waals surface area (Å²) in [4.78, 5) is 12.2. The average Bonchev–Trinajstić information content (AvgIpc) is 2.86. The molecule has 0 aromatic heterocycles. The maximum Gasteiger partial charge on any atom is 0.222 e. The van der Waals surface area contributed by atoms with Crippen LogP contribution in [0.25, 0.3) is 0 Å². The molecule has 0 aliphatic carbocycles. The van der Waals surface area contributed by atoms with Crippen molar-refractivity contribution in [2.24, 2.45) is 0 Å². The molecule has 0 saturated heterocycles. The lowest BCUT2D eigenvalue weighted by atomic mass is 10.0. The fourth-order valence-electron chi connectivity index (χ4n) is 4.07. The number of aliphatic hydroxyl groups is 3. The van der Waals surface area contributed by atoms with Gasteiger partial charge in [0.1, 0.15) is 0 Å². The number of rotatable bonds is 25. The van der Waals surface area contributed by atoms with Gasteiger partial charge in [-0.05, 0) is 44.9 Å². The third-order valence-electron chi connectivity index (χ3n) is 6.41.